The van der Waals surface area contributed by atoms with Crippen LogP contribution in [0.3, 0.4) is 0 Å². The van der Waals surface area contributed by atoms with E-state index in [2.05, 4.69) is 37.9 Å². The molecular weight excluding hydrogens is 330 g/mol. The number of nitrogens with zero attached hydrogens (tertiary/aromatic N) is 3. The molecule has 2 aromatic rings. The molecule has 4 nitrogen and oxygen atoms in total. The summed E-state index contributed by atoms with van der Waals surface area (Å²) in [4.78, 5) is 19.1. The fourth-order valence-corrected chi connectivity index (χ4v) is 4.12. The van der Waals surface area contributed by atoms with Crippen molar-refractivity contribution in [2.24, 2.45) is 5.92 Å². The number of carbonyl (C=O) groups is 1. The van der Waals surface area contributed by atoms with Gasteiger partial charge in [0.05, 0.1) is 16.8 Å². The first-order chi connectivity index (χ1) is 12.0. The summed E-state index contributed by atoms with van der Waals surface area (Å²) < 4.78 is 0. The summed E-state index contributed by atoms with van der Waals surface area (Å²) in [5.41, 5.74) is 3.79. The number of aromatic nitrogens is 1. The number of piperidine rings is 1. The number of hydrogen-bond acceptors (Lipinski definition) is 4. The smallest absolute Gasteiger partial charge is 0.232 e. The maximum atomic E-state index is 12.5. The lowest BCUT2D eigenvalue weighted by Gasteiger charge is -2.30. The summed E-state index contributed by atoms with van der Waals surface area (Å²) in [5, 5.41) is 11.1. The number of amides is 1. The quantitative estimate of drug-likeness (QED) is 0.781. The summed E-state index contributed by atoms with van der Waals surface area (Å²) in [5.74, 6) is 1.05. The van der Waals surface area contributed by atoms with E-state index in [-0.39, 0.29) is 5.91 Å². The molecule has 3 rings (SSSR count). The first-order valence-corrected chi connectivity index (χ1v) is 9.69. The largest absolute Gasteiger partial charge is 0.342 e. The number of carbonyl (C=O) groups excluding carboxylic acids is 1. The van der Waals surface area contributed by atoms with Crippen LogP contribution in [0.25, 0.3) is 10.9 Å². The summed E-state index contributed by atoms with van der Waals surface area (Å²) in [6.07, 6.45) is 2.27. The molecule has 0 unspecified atom stereocenters. The summed E-state index contributed by atoms with van der Waals surface area (Å²) in [6, 6.07) is 8.21. The molecule has 2 heterocycles. The Morgan fingerprint density at radius 3 is 2.84 bits per heavy atom. The van der Waals surface area contributed by atoms with Crippen LogP contribution in [0.1, 0.15) is 36.5 Å². The zero-order chi connectivity index (χ0) is 18.0. The molecule has 0 spiro atoms. The van der Waals surface area contributed by atoms with Crippen molar-refractivity contribution >= 4 is 28.6 Å². The molecule has 25 heavy (non-hydrogen) atoms. The Morgan fingerprint density at radius 1 is 1.36 bits per heavy atom. The van der Waals surface area contributed by atoms with E-state index < -0.39 is 0 Å². The topological polar surface area (TPSA) is 57.0 Å². The highest BCUT2D eigenvalue weighted by atomic mass is 32.2. The molecule has 1 aliphatic rings. The third-order valence-corrected chi connectivity index (χ3v) is 5.83. The van der Waals surface area contributed by atoms with Crippen LogP contribution in [0, 0.1) is 31.1 Å². The molecule has 0 radical (unpaired) electrons. The maximum Gasteiger partial charge on any atom is 0.232 e. The van der Waals surface area contributed by atoms with Crippen LogP contribution in [-0.2, 0) is 4.79 Å². The molecule has 1 aromatic carbocycles. The minimum Gasteiger partial charge on any atom is -0.342 e. The van der Waals surface area contributed by atoms with E-state index >= 15 is 0 Å². The van der Waals surface area contributed by atoms with Gasteiger partial charge in [-0.15, -0.1) is 0 Å². The summed E-state index contributed by atoms with van der Waals surface area (Å²) in [6.45, 7) is 7.99. The van der Waals surface area contributed by atoms with Crippen LogP contribution in [0.2, 0.25) is 0 Å². The van der Waals surface area contributed by atoms with Gasteiger partial charge in [0, 0.05) is 18.5 Å². The molecule has 1 saturated heterocycles. The molecule has 1 aliphatic heterocycles. The summed E-state index contributed by atoms with van der Waals surface area (Å²) >= 11 is 1.37. The lowest BCUT2D eigenvalue weighted by Crippen LogP contribution is -2.40. The van der Waals surface area contributed by atoms with Crippen molar-refractivity contribution in [1.82, 2.24) is 9.88 Å². The zero-order valence-corrected chi connectivity index (χ0v) is 15.8. The van der Waals surface area contributed by atoms with Gasteiger partial charge in [0.1, 0.15) is 11.1 Å². The molecule has 0 saturated carbocycles. The van der Waals surface area contributed by atoms with Crippen LogP contribution in [0.4, 0.5) is 0 Å². The molecule has 1 atom stereocenters. The minimum atomic E-state index is 0.141. The number of pyridine rings is 1. The number of thioether (sulfide) groups is 1. The molecule has 130 valence electrons. The van der Waals surface area contributed by atoms with Crippen molar-refractivity contribution in [2.45, 2.75) is 38.6 Å². The van der Waals surface area contributed by atoms with Gasteiger partial charge in [-0.3, -0.25) is 4.79 Å². The van der Waals surface area contributed by atoms with Crippen molar-refractivity contribution in [2.75, 3.05) is 18.8 Å². The lowest BCUT2D eigenvalue weighted by molar-refractivity contribution is -0.130. The monoisotopic (exact) mass is 353 g/mol. The van der Waals surface area contributed by atoms with Crippen molar-refractivity contribution in [1.29, 1.82) is 5.26 Å². The Kier molecular flexibility index (Phi) is 5.29. The van der Waals surface area contributed by atoms with Crippen LogP contribution >= 0.6 is 11.8 Å². The van der Waals surface area contributed by atoms with E-state index in [1.165, 1.54) is 29.3 Å². The number of fused-ring (bicyclic) bond motifs is 1. The van der Waals surface area contributed by atoms with Crippen molar-refractivity contribution < 1.29 is 4.79 Å². The average molecular weight is 353 g/mol. The van der Waals surface area contributed by atoms with Crippen LogP contribution in [0.5, 0.6) is 0 Å². The second-order valence-electron chi connectivity index (χ2n) is 6.96. The molecular formula is C20H23N3OS. The number of benzene rings is 1. The van der Waals surface area contributed by atoms with Crippen molar-refractivity contribution in [3.63, 3.8) is 0 Å². The van der Waals surface area contributed by atoms with E-state index in [0.717, 1.165) is 30.4 Å². The third kappa shape index (κ3) is 3.96. The number of rotatable bonds is 3. The Labute approximate surface area is 153 Å². The maximum absolute atomic E-state index is 12.5. The molecule has 0 aliphatic carbocycles. The Bertz CT molecular complexity index is 856. The molecule has 1 fully saturated rings. The van der Waals surface area contributed by atoms with Crippen molar-refractivity contribution in [3.8, 4) is 6.07 Å². The first kappa shape index (κ1) is 17.8. The van der Waals surface area contributed by atoms with Gasteiger partial charge in [-0.1, -0.05) is 18.7 Å². The number of hydrogen-bond donors (Lipinski definition) is 0. The fourth-order valence-electron chi connectivity index (χ4n) is 3.25. The Balaban J connectivity index is 1.79. The van der Waals surface area contributed by atoms with Gasteiger partial charge in [0.2, 0.25) is 5.91 Å². The van der Waals surface area contributed by atoms with Gasteiger partial charge in [-0.05, 0) is 61.9 Å². The van der Waals surface area contributed by atoms with E-state index in [1.807, 2.05) is 17.0 Å². The highest BCUT2D eigenvalue weighted by molar-refractivity contribution is 8.00. The number of likely N-dealkylation sites (tertiary alicyclic amines) is 1. The van der Waals surface area contributed by atoms with Gasteiger partial charge in [0.25, 0.3) is 0 Å². The molecule has 0 N–H and O–H groups in total. The minimum absolute atomic E-state index is 0.141. The van der Waals surface area contributed by atoms with Gasteiger partial charge in [-0.25, -0.2) is 4.98 Å². The predicted octanol–water partition coefficient (Wildman–Crippen LogP) is 4.07. The van der Waals surface area contributed by atoms with Crippen LogP contribution in [-0.4, -0.2) is 34.6 Å². The Hall–Kier alpha value is -2.06. The molecule has 1 amide bonds. The number of aryl methyl sites for hydroxylation is 2. The molecule has 0 bridgehead atoms. The first-order valence-electron chi connectivity index (χ1n) is 8.70. The second kappa shape index (κ2) is 7.45. The van der Waals surface area contributed by atoms with Crippen molar-refractivity contribution in [3.05, 3.63) is 34.9 Å². The Morgan fingerprint density at radius 2 is 2.12 bits per heavy atom. The van der Waals surface area contributed by atoms with Crippen LogP contribution < -0.4 is 0 Å². The van der Waals surface area contributed by atoms with E-state index in [9.17, 15) is 10.1 Å². The van der Waals surface area contributed by atoms with Gasteiger partial charge < -0.3 is 4.90 Å². The predicted molar refractivity (Wildman–Crippen MR) is 102 cm³/mol. The SMILES string of the molecule is Cc1cc2cc(C#N)c(SCC(=O)N3CCC[C@@H](C)C3)nc2cc1C. The molecule has 5 heteroatoms. The normalized spacial score (nSPS) is 17.5. The lowest BCUT2D eigenvalue weighted by atomic mass is 10.0. The molecule has 1 aromatic heterocycles. The van der Waals surface area contributed by atoms with E-state index in [1.54, 1.807) is 0 Å². The van der Waals surface area contributed by atoms with Crippen LogP contribution in [0.15, 0.2) is 23.2 Å². The summed E-state index contributed by atoms with van der Waals surface area (Å²) in [7, 11) is 0. The van der Waals surface area contributed by atoms with Gasteiger partial charge >= 0.3 is 0 Å². The fraction of sp³-hybridized carbons (Fsp3) is 0.450. The van der Waals surface area contributed by atoms with Gasteiger partial charge in [0.15, 0.2) is 0 Å². The second-order valence-corrected chi connectivity index (χ2v) is 7.92. The van der Waals surface area contributed by atoms with E-state index in [0.29, 0.717) is 22.3 Å². The zero-order valence-electron chi connectivity index (χ0n) is 15.0. The average Bonchev–Trinajstić information content (AvgIpc) is 2.60. The number of nitriles is 1. The third-order valence-electron chi connectivity index (χ3n) is 4.86. The highest BCUT2D eigenvalue weighted by Crippen LogP contribution is 2.27. The standard InChI is InChI=1S/C20H23N3OS/c1-13-5-4-6-23(11-13)19(24)12-25-20-17(10-21)9-16-7-14(2)15(3)8-18(16)22-20/h7-9,13H,4-6,11-12H2,1-3H3/t13-/m1/s1. The van der Waals surface area contributed by atoms with Gasteiger partial charge in [-0.2, -0.15) is 5.26 Å². The van der Waals surface area contributed by atoms with E-state index in [4.69, 9.17) is 0 Å². The highest BCUT2D eigenvalue weighted by Gasteiger charge is 2.21.